The van der Waals surface area contributed by atoms with E-state index >= 15 is 0 Å². The van der Waals surface area contributed by atoms with Gasteiger partial charge in [-0.3, -0.25) is 5.41 Å². The fourth-order valence-corrected chi connectivity index (χ4v) is 4.64. The maximum absolute atomic E-state index is 11.6. The summed E-state index contributed by atoms with van der Waals surface area (Å²) >= 11 is 1.67. The zero-order valence-corrected chi connectivity index (χ0v) is 10.4. The Morgan fingerprint density at radius 1 is 1.47 bits per heavy atom. The van der Waals surface area contributed by atoms with Gasteiger partial charge in [0.1, 0.15) is 11.2 Å². The predicted molar refractivity (Wildman–Crippen MR) is 63.1 cm³/mol. The molecule has 1 aliphatic heterocycles. The Morgan fingerprint density at radius 3 is 2.67 bits per heavy atom. The Hall–Kier alpha value is -0.230. The van der Waals surface area contributed by atoms with Crippen LogP contribution in [0.15, 0.2) is 0 Å². The zero-order chi connectivity index (χ0) is 11.1. The molecule has 1 atom stereocenters. The van der Waals surface area contributed by atoms with Crippen LogP contribution in [0.2, 0.25) is 0 Å². The first-order chi connectivity index (χ1) is 7.00. The molecule has 2 fully saturated rings. The molecule has 0 amide bonds. The molecule has 2 rings (SSSR count). The van der Waals surface area contributed by atoms with Gasteiger partial charge in [-0.15, -0.1) is 0 Å². The fraction of sp³-hybridized carbons (Fsp3) is 0.889. The third kappa shape index (κ3) is 2.47. The highest BCUT2D eigenvalue weighted by molar-refractivity contribution is 8.00. The van der Waals surface area contributed by atoms with Gasteiger partial charge in [-0.25, -0.2) is 8.42 Å². The normalized spacial score (nSPS) is 27.8. The Kier molecular flexibility index (Phi) is 2.98. The lowest BCUT2D eigenvalue weighted by atomic mass is 10.3. The summed E-state index contributed by atoms with van der Waals surface area (Å²) in [5.74, 6) is 2.41. The lowest BCUT2D eigenvalue weighted by Gasteiger charge is -2.36. The van der Waals surface area contributed by atoms with Crippen LogP contribution in [-0.4, -0.2) is 48.8 Å². The third-order valence-electron chi connectivity index (χ3n) is 2.85. The van der Waals surface area contributed by atoms with Gasteiger partial charge < -0.3 is 4.90 Å². The van der Waals surface area contributed by atoms with Crippen LogP contribution in [0.4, 0.5) is 0 Å². The summed E-state index contributed by atoms with van der Waals surface area (Å²) in [4.78, 5) is 1.80. The first-order valence-electron chi connectivity index (χ1n) is 5.12. The van der Waals surface area contributed by atoms with Gasteiger partial charge in [0.25, 0.3) is 0 Å². The minimum absolute atomic E-state index is 0.331. The van der Waals surface area contributed by atoms with Crippen LogP contribution in [0.5, 0.6) is 0 Å². The van der Waals surface area contributed by atoms with Crippen molar-refractivity contribution in [2.75, 3.05) is 24.3 Å². The molecule has 15 heavy (non-hydrogen) atoms. The van der Waals surface area contributed by atoms with E-state index in [0.29, 0.717) is 24.1 Å². The van der Waals surface area contributed by atoms with Crippen molar-refractivity contribution in [1.29, 1.82) is 5.41 Å². The lowest BCUT2D eigenvalue weighted by Crippen LogP contribution is -2.50. The van der Waals surface area contributed by atoms with E-state index in [4.69, 9.17) is 5.41 Å². The molecule has 0 aromatic carbocycles. The van der Waals surface area contributed by atoms with E-state index < -0.39 is 15.2 Å². The summed E-state index contributed by atoms with van der Waals surface area (Å²) in [6.45, 7) is 0.706. The molecular formula is C9H16N2O2S2. The van der Waals surface area contributed by atoms with Crippen molar-refractivity contribution in [2.24, 2.45) is 5.92 Å². The van der Waals surface area contributed by atoms with Crippen molar-refractivity contribution < 1.29 is 8.42 Å². The van der Waals surface area contributed by atoms with Crippen molar-refractivity contribution in [3.8, 4) is 0 Å². The maximum atomic E-state index is 11.6. The molecule has 1 aliphatic carbocycles. The van der Waals surface area contributed by atoms with Crippen LogP contribution >= 0.6 is 11.8 Å². The van der Waals surface area contributed by atoms with E-state index in [-0.39, 0.29) is 0 Å². The van der Waals surface area contributed by atoms with Gasteiger partial charge >= 0.3 is 0 Å². The van der Waals surface area contributed by atoms with Crippen LogP contribution in [-0.2, 0) is 9.84 Å². The number of amidine groups is 1. The van der Waals surface area contributed by atoms with E-state index in [1.54, 1.807) is 16.7 Å². The van der Waals surface area contributed by atoms with Gasteiger partial charge in [0.15, 0.2) is 9.84 Å². The molecule has 0 radical (unpaired) electrons. The Bertz CT molecular complexity index is 362. The predicted octanol–water partition coefficient (Wildman–Crippen LogP) is 0.793. The molecule has 1 saturated heterocycles. The van der Waals surface area contributed by atoms with Gasteiger partial charge in [0.2, 0.25) is 0 Å². The zero-order valence-electron chi connectivity index (χ0n) is 8.77. The second-order valence-corrected chi connectivity index (χ2v) is 7.57. The van der Waals surface area contributed by atoms with E-state index in [1.165, 1.54) is 6.26 Å². The third-order valence-corrected chi connectivity index (χ3v) is 5.50. The number of hydrogen-bond acceptors (Lipinski definition) is 4. The van der Waals surface area contributed by atoms with Gasteiger partial charge in [-0.05, 0) is 12.8 Å². The second kappa shape index (κ2) is 3.97. The summed E-state index contributed by atoms with van der Waals surface area (Å²) < 4.78 is 23.2. The average Bonchev–Trinajstić information content (AvgIpc) is 2.98. The molecule has 1 heterocycles. The van der Waals surface area contributed by atoms with E-state index in [9.17, 15) is 8.42 Å². The minimum atomic E-state index is -3.06. The Morgan fingerprint density at radius 2 is 2.13 bits per heavy atom. The van der Waals surface area contributed by atoms with Gasteiger partial charge in [-0.2, -0.15) is 11.8 Å². The number of hydrogen-bond donors (Lipinski definition) is 1. The smallest absolute Gasteiger partial charge is 0.169 e. The Labute approximate surface area is 94.8 Å². The van der Waals surface area contributed by atoms with Gasteiger partial charge in [-0.1, -0.05) is 0 Å². The van der Waals surface area contributed by atoms with E-state index in [0.717, 1.165) is 18.6 Å². The number of rotatable bonds is 2. The monoisotopic (exact) mass is 248 g/mol. The molecule has 1 unspecified atom stereocenters. The molecule has 1 N–H and O–H groups in total. The number of nitrogens with zero attached hydrogens (tertiary/aromatic N) is 1. The number of nitrogens with one attached hydrogen (secondary N) is 1. The van der Waals surface area contributed by atoms with Crippen molar-refractivity contribution in [2.45, 2.75) is 18.2 Å². The standard InChI is InChI=1S/C9H16N2O2S2/c1-15(12,13)8-6-14-5-4-11(8)9(10)7-2-3-7/h7-8,10H,2-6H2,1H3. The van der Waals surface area contributed by atoms with Crippen LogP contribution in [0.25, 0.3) is 0 Å². The number of sulfone groups is 1. The van der Waals surface area contributed by atoms with Crippen LogP contribution in [0, 0.1) is 11.3 Å². The fourth-order valence-electron chi connectivity index (χ4n) is 1.80. The van der Waals surface area contributed by atoms with E-state index in [2.05, 4.69) is 0 Å². The topological polar surface area (TPSA) is 61.2 Å². The second-order valence-electron chi connectivity index (χ2n) is 4.21. The highest BCUT2D eigenvalue weighted by atomic mass is 32.2. The largest absolute Gasteiger partial charge is 0.342 e. The number of thioether (sulfide) groups is 1. The van der Waals surface area contributed by atoms with Crippen LogP contribution in [0.1, 0.15) is 12.8 Å². The minimum Gasteiger partial charge on any atom is -0.342 e. The molecule has 0 spiro atoms. The summed E-state index contributed by atoms with van der Waals surface area (Å²) in [7, 11) is -3.06. The molecule has 0 bridgehead atoms. The highest BCUT2D eigenvalue weighted by Gasteiger charge is 2.38. The summed E-state index contributed by atoms with van der Waals surface area (Å²) in [6, 6.07) is 0. The summed E-state index contributed by atoms with van der Waals surface area (Å²) in [5, 5.41) is 7.49. The first-order valence-corrected chi connectivity index (χ1v) is 8.23. The quantitative estimate of drug-likeness (QED) is 0.580. The summed E-state index contributed by atoms with van der Waals surface area (Å²) in [5.41, 5.74) is 0. The molecule has 86 valence electrons. The highest BCUT2D eigenvalue weighted by Crippen LogP contribution is 2.33. The van der Waals surface area contributed by atoms with Gasteiger partial charge in [0, 0.05) is 30.2 Å². The molecular weight excluding hydrogens is 232 g/mol. The van der Waals surface area contributed by atoms with Crippen molar-refractivity contribution >= 4 is 27.4 Å². The first kappa shape index (κ1) is 11.3. The SMILES string of the molecule is CS(=O)(=O)C1CSCCN1C(=N)C1CC1. The molecule has 1 saturated carbocycles. The van der Waals surface area contributed by atoms with Crippen LogP contribution < -0.4 is 0 Å². The average molecular weight is 248 g/mol. The van der Waals surface area contributed by atoms with E-state index in [1.807, 2.05) is 0 Å². The molecule has 4 nitrogen and oxygen atoms in total. The molecule has 2 aliphatic rings. The lowest BCUT2D eigenvalue weighted by molar-refractivity contribution is 0.398. The molecule has 6 heteroatoms. The molecule has 0 aromatic heterocycles. The van der Waals surface area contributed by atoms with Gasteiger partial charge in [0.05, 0.1) is 0 Å². The maximum Gasteiger partial charge on any atom is 0.169 e. The Balaban J connectivity index is 2.15. The van der Waals surface area contributed by atoms with Crippen molar-refractivity contribution in [1.82, 2.24) is 4.90 Å². The van der Waals surface area contributed by atoms with Crippen LogP contribution in [0.3, 0.4) is 0 Å². The molecule has 0 aromatic rings. The van der Waals surface area contributed by atoms with Crippen molar-refractivity contribution in [3.63, 3.8) is 0 Å². The van der Waals surface area contributed by atoms with Crippen molar-refractivity contribution in [3.05, 3.63) is 0 Å². The summed E-state index contributed by atoms with van der Waals surface area (Å²) in [6.07, 6.45) is 3.38.